The van der Waals surface area contributed by atoms with Crippen molar-refractivity contribution >= 4 is 41.0 Å². The smallest absolute Gasteiger partial charge is 0.265 e. The molecule has 0 saturated heterocycles. The van der Waals surface area contributed by atoms with Crippen molar-refractivity contribution in [2.45, 2.75) is 13.5 Å². The maximum absolute atomic E-state index is 11.9. The standard InChI is InChI=1S/C24H22Cl2N2O4/c1-16-3-9-20(10-4-16)28-23(29)15-32-27-13-18-11-21(26)24(22(12-18)30-2)31-14-17-5-7-19(25)8-6-17/h3-13H,14-15H2,1-2H3,(H,28,29). The number of rotatable bonds is 9. The van der Waals surface area contributed by atoms with E-state index >= 15 is 0 Å². The fraction of sp³-hybridized carbons (Fsp3) is 0.167. The van der Waals surface area contributed by atoms with Crippen LogP contribution in [-0.4, -0.2) is 25.8 Å². The lowest BCUT2D eigenvalue weighted by atomic mass is 10.2. The minimum Gasteiger partial charge on any atom is -0.493 e. The summed E-state index contributed by atoms with van der Waals surface area (Å²) in [6, 6.07) is 18.2. The van der Waals surface area contributed by atoms with Gasteiger partial charge in [-0.05, 0) is 48.9 Å². The highest BCUT2D eigenvalue weighted by molar-refractivity contribution is 6.32. The summed E-state index contributed by atoms with van der Waals surface area (Å²) in [5, 5.41) is 7.58. The quantitative estimate of drug-likeness (QED) is 0.311. The van der Waals surface area contributed by atoms with Crippen LogP contribution in [-0.2, 0) is 16.2 Å². The molecule has 32 heavy (non-hydrogen) atoms. The van der Waals surface area contributed by atoms with Crippen LogP contribution in [0.2, 0.25) is 10.0 Å². The van der Waals surface area contributed by atoms with Crippen LogP contribution in [0.3, 0.4) is 0 Å². The monoisotopic (exact) mass is 472 g/mol. The number of nitrogens with zero attached hydrogens (tertiary/aromatic N) is 1. The van der Waals surface area contributed by atoms with Crippen LogP contribution in [0.25, 0.3) is 0 Å². The largest absolute Gasteiger partial charge is 0.493 e. The second-order valence-electron chi connectivity index (χ2n) is 6.87. The molecule has 0 atom stereocenters. The van der Waals surface area contributed by atoms with Crippen LogP contribution in [0.4, 0.5) is 5.69 Å². The molecule has 0 heterocycles. The van der Waals surface area contributed by atoms with Gasteiger partial charge in [-0.1, -0.05) is 58.2 Å². The number of benzene rings is 3. The van der Waals surface area contributed by atoms with Gasteiger partial charge in [-0.2, -0.15) is 0 Å². The first-order valence-electron chi connectivity index (χ1n) is 9.71. The van der Waals surface area contributed by atoms with Crippen molar-refractivity contribution in [1.29, 1.82) is 0 Å². The van der Waals surface area contributed by atoms with Crippen molar-refractivity contribution < 1.29 is 19.1 Å². The second kappa shape index (κ2) is 11.4. The number of methoxy groups -OCH3 is 1. The van der Waals surface area contributed by atoms with E-state index in [0.29, 0.717) is 39.4 Å². The van der Waals surface area contributed by atoms with Gasteiger partial charge in [0.25, 0.3) is 5.91 Å². The van der Waals surface area contributed by atoms with Crippen LogP contribution < -0.4 is 14.8 Å². The van der Waals surface area contributed by atoms with Crippen LogP contribution >= 0.6 is 23.2 Å². The van der Waals surface area contributed by atoms with Crippen molar-refractivity contribution in [1.82, 2.24) is 0 Å². The highest BCUT2D eigenvalue weighted by atomic mass is 35.5. The Kier molecular flexibility index (Phi) is 8.36. The van der Waals surface area contributed by atoms with Crippen molar-refractivity contribution in [3.8, 4) is 11.5 Å². The number of amides is 1. The maximum Gasteiger partial charge on any atom is 0.265 e. The van der Waals surface area contributed by atoms with E-state index in [1.54, 1.807) is 24.3 Å². The second-order valence-corrected chi connectivity index (χ2v) is 7.72. The predicted molar refractivity (Wildman–Crippen MR) is 127 cm³/mol. The van der Waals surface area contributed by atoms with Gasteiger partial charge < -0.3 is 19.6 Å². The first-order chi connectivity index (χ1) is 15.4. The first kappa shape index (κ1) is 23.4. The Bertz CT molecular complexity index is 1080. The Hall–Kier alpha value is -3.22. The third kappa shape index (κ3) is 6.90. The summed E-state index contributed by atoms with van der Waals surface area (Å²) in [5.41, 5.74) is 3.37. The zero-order chi connectivity index (χ0) is 22.9. The number of oxime groups is 1. The summed E-state index contributed by atoms with van der Waals surface area (Å²) in [6.07, 6.45) is 1.44. The van der Waals surface area contributed by atoms with Gasteiger partial charge in [0.15, 0.2) is 18.1 Å². The van der Waals surface area contributed by atoms with Crippen molar-refractivity contribution in [2.24, 2.45) is 5.16 Å². The van der Waals surface area contributed by atoms with E-state index in [2.05, 4.69) is 10.5 Å². The number of carbonyl (C=O) groups is 1. The molecular weight excluding hydrogens is 451 g/mol. The summed E-state index contributed by atoms with van der Waals surface area (Å²) in [6.45, 7) is 2.06. The lowest BCUT2D eigenvalue weighted by Gasteiger charge is -2.13. The van der Waals surface area contributed by atoms with Gasteiger partial charge in [0.1, 0.15) is 6.61 Å². The Labute approximate surface area is 196 Å². The molecule has 0 saturated carbocycles. The van der Waals surface area contributed by atoms with Gasteiger partial charge in [0, 0.05) is 16.3 Å². The number of halogens is 2. The van der Waals surface area contributed by atoms with Crippen LogP contribution in [0.15, 0.2) is 65.8 Å². The molecular formula is C24H22Cl2N2O4. The maximum atomic E-state index is 11.9. The summed E-state index contributed by atoms with van der Waals surface area (Å²) >= 11 is 12.3. The molecule has 0 aliphatic heterocycles. The van der Waals surface area contributed by atoms with Gasteiger partial charge in [0.2, 0.25) is 0 Å². The van der Waals surface area contributed by atoms with Gasteiger partial charge in [-0.3, -0.25) is 4.79 Å². The number of ether oxygens (including phenoxy) is 2. The van der Waals surface area contributed by atoms with E-state index in [0.717, 1.165) is 11.1 Å². The molecule has 3 aromatic carbocycles. The number of hydrogen-bond acceptors (Lipinski definition) is 5. The van der Waals surface area contributed by atoms with E-state index in [1.807, 2.05) is 43.3 Å². The summed E-state index contributed by atoms with van der Waals surface area (Å²) < 4.78 is 11.2. The first-order valence-corrected chi connectivity index (χ1v) is 10.5. The van der Waals surface area contributed by atoms with Crippen LogP contribution in [0, 0.1) is 6.92 Å². The van der Waals surface area contributed by atoms with Gasteiger partial charge >= 0.3 is 0 Å². The highest BCUT2D eigenvalue weighted by Crippen LogP contribution is 2.36. The summed E-state index contributed by atoms with van der Waals surface area (Å²) in [5.74, 6) is 0.553. The number of hydrogen-bond donors (Lipinski definition) is 1. The topological polar surface area (TPSA) is 69.2 Å². The summed E-state index contributed by atoms with van der Waals surface area (Å²) in [4.78, 5) is 17.0. The van der Waals surface area contributed by atoms with E-state index in [-0.39, 0.29) is 12.5 Å². The molecule has 3 aromatic rings. The van der Waals surface area contributed by atoms with E-state index in [1.165, 1.54) is 13.3 Å². The number of aryl methyl sites for hydroxylation is 1. The van der Waals surface area contributed by atoms with Gasteiger partial charge in [-0.25, -0.2) is 0 Å². The minimum absolute atomic E-state index is 0.225. The van der Waals surface area contributed by atoms with E-state index in [9.17, 15) is 4.79 Å². The Morgan fingerprint density at radius 2 is 1.78 bits per heavy atom. The average Bonchev–Trinajstić information content (AvgIpc) is 2.78. The molecule has 0 aromatic heterocycles. The normalized spacial score (nSPS) is 10.8. The Morgan fingerprint density at radius 1 is 1.06 bits per heavy atom. The fourth-order valence-electron chi connectivity index (χ4n) is 2.72. The molecule has 166 valence electrons. The molecule has 0 aliphatic rings. The van der Waals surface area contributed by atoms with Crippen LogP contribution in [0.1, 0.15) is 16.7 Å². The zero-order valence-corrected chi connectivity index (χ0v) is 19.1. The molecule has 1 amide bonds. The molecule has 1 N–H and O–H groups in total. The zero-order valence-electron chi connectivity index (χ0n) is 17.6. The van der Waals surface area contributed by atoms with Crippen molar-refractivity contribution in [3.05, 3.63) is 87.4 Å². The molecule has 0 fully saturated rings. The summed E-state index contributed by atoms with van der Waals surface area (Å²) in [7, 11) is 1.52. The van der Waals surface area contributed by atoms with Crippen molar-refractivity contribution in [2.75, 3.05) is 19.0 Å². The lowest BCUT2D eigenvalue weighted by Crippen LogP contribution is -2.16. The predicted octanol–water partition coefficient (Wildman–Crippen LogP) is 5.88. The molecule has 6 nitrogen and oxygen atoms in total. The molecule has 0 radical (unpaired) electrons. The Balaban J connectivity index is 1.56. The third-order valence-corrected chi connectivity index (χ3v) is 4.89. The van der Waals surface area contributed by atoms with E-state index in [4.69, 9.17) is 37.5 Å². The number of carbonyl (C=O) groups excluding carboxylic acids is 1. The molecule has 0 bridgehead atoms. The minimum atomic E-state index is -0.312. The molecule has 0 spiro atoms. The average molecular weight is 473 g/mol. The highest BCUT2D eigenvalue weighted by Gasteiger charge is 2.12. The third-order valence-electron chi connectivity index (χ3n) is 4.36. The van der Waals surface area contributed by atoms with E-state index < -0.39 is 0 Å². The van der Waals surface area contributed by atoms with Crippen molar-refractivity contribution in [3.63, 3.8) is 0 Å². The number of nitrogens with one attached hydrogen (secondary N) is 1. The van der Waals surface area contributed by atoms with Gasteiger partial charge in [-0.15, -0.1) is 0 Å². The molecule has 3 rings (SSSR count). The lowest BCUT2D eigenvalue weighted by molar-refractivity contribution is -0.120. The SMILES string of the molecule is COc1cc(C=NOCC(=O)Nc2ccc(C)cc2)cc(Cl)c1OCc1ccc(Cl)cc1. The Morgan fingerprint density at radius 3 is 2.47 bits per heavy atom. The van der Waals surface area contributed by atoms with Crippen LogP contribution in [0.5, 0.6) is 11.5 Å². The molecule has 0 unspecified atom stereocenters. The molecule has 8 heteroatoms. The fourth-order valence-corrected chi connectivity index (χ4v) is 3.12. The number of anilines is 1. The van der Waals surface area contributed by atoms with Gasteiger partial charge in [0.05, 0.1) is 18.3 Å². The molecule has 0 aliphatic carbocycles.